The molecule has 3 rings (SSSR count). The van der Waals surface area contributed by atoms with Gasteiger partial charge >= 0.3 is 0 Å². The quantitative estimate of drug-likeness (QED) is 0.606. The molecule has 1 aliphatic rings. The molecule has 0 bridgehead atoms. The first-order valence-electron chi connectivity index (χ1n) is 6.98. The van der Waals surface area contributed by atoms with Gasteiger partial charge in [0.15, 0.2) is 0 Å². The van der Waals surface area contributed by atoms with Gasteiger partial charge in [-0.15, -0.1) is 0 Å². The van der Waals surface area contributed by atoms with Crippen LogP contribution in [0, 0.1) is 11.8 Å². The maximum Gasteiger partial charge on any atom is 0.0426 e. The van der Waals surface area contributed by atoms with Crippen LogP contribution in [0.25, 0.3) is 0 Å². The van der Waals surface area contributed by atoms with Crippen LogP contribution in [0.5, 0.6) is 0 Å². The minimum Gasteiger partial charge on any atom is -0.0836 e. The first-order valence-corrected chi connectivity index (χ1v) is 7.89. The molecule has 2 aromatic carbocycles. The van der Waals surface area contributed by atoms with Crippen LogP contribution in [0.4, 0.5) is 0 Å². The summed E-state index contributed by atoms with van der Waals surface area (Å²) in [4.78, 5) is 0.471. The highest BCUT2D eigenvalue weighted by molar-refractivity contribution is 9.09. The highest BCUT2D eigenvalue weighted by Gasteiger charge is 2.37. The molecular formula is C18H19Br. The molecule has 0 aromatic heterocycles. The van der Waals surface area contributed by atoms with E-state index in [1.807, 2.05) is 0 Å². The fraction of sp³-hybridized carbons (Fsp3) is 0.333. The molecule has 19 heavy (non-hydrogen) atoms. The van der Waals surface area contributed by atoms with Gasteiger partial charge in [-0.3, -0.25) is 0 Å². The average Bonchev–Trinajstić information content (AvgIpc) is 2.46. The van der Waals surface area contributed by atoms with E-state index in [2.05, 4.69) is 84.4 Å². The van der Waals surface area contributed by atoms with Crippen molar-refractivity contribution in [3.05, 3.63) is 71.3 Å². The molecule has 2 aromatic rings. The molecule has 0 aliphatic heterocycles. The molecular weight excluding hydrogens is 296 g/mol. The number of hydrogen-bond donors (Lipinski definition) is 0. The molecule has 0 spiro atoms. The standard InChI is InChI=1S/C18H19Br/c1-12-13(2)18(19)16-11-7-6-10-15(16)17(12)14-8-4-3-5-9-14/h3-13,17-18H,1-2H3. The van der Waals surface area contributed by atoms with Gasteiger partial charge in [0.1, 0.15) is 0 Å². The van der Waals surface area contributed by atoms with Crippen LogP contribution >= 0.6 is 15.9 Å². The summed E-state index contributed by atoms with van der Waals surface area (Å²) in [5.41, 5.74) is 4.39. The molecule has 4 unspecified atom stereocenters. The molecule has 1 heteroatoms. The van der Waals surface area contributed by atoms with E-state index in [0.717, 1.165) is 0 Å². The fourth-order valence-electron chi connectivity index (χ4n) is 3.33. The van der Waals surface area contributed by atoms with Crippen molar-refractivity contribution >= 4 is 15.9 Å². The summed E-state index contributed by atoms with van der Waals surface area (Å²) in [5.74, 6) is 1.79. The van der Waals surface area contributed by atoms with Crippen LogP contribution in [0.3, 0.4) is 0 Å². The zero-order valence-electron chi connectivity index (χ0n) is 11.4. The summed E-state index contributed by atoms with van der Waals surface area (Å²) in [7, 11) is 0. The van der Waals surface area contributed by atoms with Crippen LogP contribution in [-0.4, -0.2) is 0 Å². The average molecular weight is 315 g/mol. The Hall–Kier alpha value is -1.08. The Kier molecular flexibility index (Phi) is 3.49. The molecule has 0 radical (unpaired) electrons. The summed E-state index contributed by atoms with van der Waals surface area (Å²) in [5, 5.41) is 0. The minimum atomic E-state index is 0.471. The van der Waals surface area contributed by atoms with Crippen LogP contribution in [0.2, 0.25) is 0 Å². The monoisotopic (exact) mass is 314 g/mol. The highest BCUT2D eigenvalue weighted by Crippen LogP contribution is 2.50. The van der Waals surface area contributed by atoms with Gasteiger partial charge in [0.2, 0.25) is 0 Å². The van der Waals surface area contributed by atoms with Crippen LogP contribution in [-0.2, 0) is 0 Å². The zero-order chi connectivity index (χ0) is 13.4. The van der Waals surface area contributed by atoms with Crippen molar-refractivity contribution in [3.63, 3.8) is 0 Å². The first kappa shape index (κ1) is 12.9. The van der Waals surface area contributed by atoms with Gasteiger partial charge in [-0.05, 0) is 28.5 Å². The van der Waals surface area contributed by atoms with Crippen molar-refractivity contribution < 1.29 is 0 Å². The van der Waals surface area contributed by atoms with Gasteiger partial charge in [-0.25, -0.2) is 0 Å². The maximum atomic E-state index is 3.89. The van der Waals surface area contributed by atoms with E-state index < -0.39 is 0 Å². The van der Waals surface area contributed by atoms with E-state index in [9.17, 15) is 0 Å². The van der Waals surface area contributed by atoms with Gasteiger partial charge in [0, 0.05) is 10.7 Å². The van der Waals surface area contributed by atoms with Crippen LogP contribution in [0.1, 0.15) is 41.3 Å². The topological polar surface area (TPSA) is 0 Å². The summed E-state index contributed by atoms with van der Waals surface area (Å²) < 4.78 is 0. The third kappa shape index (κ3) is 2.14. The van der Waals surface area contributed by atoms with Crippen molar-refractivity contribution in [2.45, 2.75) is 24.6 Å². The van der Waals surface area contributed by atoms with Crippen molar-refractivity contribution in [1.82, 2.24) is 0 Å². The Bertz CT molecular complexity index is 561. The van der Waals surface area contributed by atoms with Gasteiger partial charge in [-0.1, -0.05) is 84.4 Å². The van der Waals surface area contributed by atoms with Crippen LogP contribution in [0.15, 0.2) is 54.6 Å². The lowest BCUT2D eigenvalue weighted by molar-refractivity contribution is 0.324. The van der Waals surface area contributed by atoms with Gasteiger partial charge in [0.05, 0.1) is 0 Å². The smallest absolute Gasteiger partial charge is 0.0426 e. The maximum absolute atomic E-state index is 3.89. The number of hydrogen-bond acceptors (Lipinski definition) is 0. The molecule has 98 valence electrons. The Labute approximate surface area is 124 Å². The van der Waals surface area contributed by atoms with Gasteiger partial charge in [0.25, 0.3) is 0 Å². The second-order valence-corrected chi connectivity index (χ2v) is 6.62. The Balaban J connectivity index is 2.16. The highest BCUT2D eigenvalue weighted by atomic mass is 79.9. The summed E-state index contributed by atoms with van der Waals surface area (Å²) in [6.07, 6.45) is 0. The number of fused-ring (bicyclic) bond motifs is 1. The van der Waals surface area contributed by atoms with E-state index in [1.54, 1.807) is 0 Å². The second kappa shape index (κ2) is 5.13. The lowest BCUT2D eigenvalue weighted by Crippen LogP contribution is -2.28. The molecule has 4 atom stereocenters. The third-order valence-corrected chi connectivity index (χ3v) is 5.93. The fourth-order valence-corrected chi connectivity index (χ4v) is 4.22. The van der Waals surface area contributed by atoms with Crippen molar-refractivity contribution in [1.29, 1.82) is 0 Å². The molecule has 0 nitrogen and oxygen atoms in total. The lowest BCUT2D eigenvalue weighted by atomic mass is 9.68. The van der Waals surface area contributed by atoms with Crippen molar-refractivity contribution in [3.8, 4) is 0 Å². The Morgan fingerprint density at radius 1 is 0.737 bits per heavy atom. The molecule has 0 saturated heterocycles. The second-order valence-electron chi connectivity index (χ2n) is 5.64. The molecule has 0 saturated carbocycles. The van der Waals surface area contributed by atoms with Gasteiger partial charge < -0.3 is 0 Å². The van der Waals surface area contributed by atoms with Crippen molar-refractivity contribution in [2.75, 3.05) is 0 Å². The third-order valence-electron chi connectivity index (χ3n) is 4.60. The predicted molar refractivity (Wildman–Crippen MR) is 84.7 cm³/mol. The first-order chi connectivity index (χ1) is 9.20. The molecule has 0 heterocycles. The Morgan fingerprint density at radius 2 is 1.32 bits per heavy atom. The number of alkyl halides is 1. The molecule has 0 N–H and O–H groups in total. The van der Waals surface area contributed by atoms with Crippen molar-refractivity contribution in [2.24, 2.45) is 11.8 Å². The minimum absolute atomic E-state index is 0.471. The van der Waals surface area contributed by atoms with E-state index in [1.165, 1.54) is 16.7 Å². The summed E-state index contributed by atoms with van der Waals surface area (Å²) in [6, 6.07) is 19.8. The summed E-state index contributed by atoms with van der Waals surface area (Å²) in [6.45, 7) is 4.74. The number of rotatable bonds is 1. The molecule has 0 fully saturated rings. The molecule has 1 aliphatic carbocycles. The predicted octanol–water partition coefficient (Wildman–Crippen LogP) is 5.54. The number of halogens is 1. The van der Waals surface area contributed by atoms with E-state index >= 15 is 0 Å². The van der Waals surface area contributed by atoms with E-state index in [-0.39, 0.29) is 0 Å². The van der Waals surface area contributed by atoms with Gasteiger partial charge in [-0.2, -0.15) is 0 Å². The normalized spacial score (nSPS) is 29.8. The lowest BCUT2D eigenvalue weighted by Gasteiger charge is -2.39. The van der Waals surface area contributed by atoms with Crippen LogP contribution < -0.4 is 0 Å². The summed E-state index contributed by atoms with van der Waals surface area (Å²) >= 11 is 3.89. The SMILES string of the molecule is CC1C(Br)c2ccccc2C(c2ccccc2)C1C. The number of benzene rings is 2. The van der Waals surface area contributed by atoms with E-state index in [0.29, 0.717) is 22.6 Å². The Morgan fingerprint density at radius 3 is 2.00 bits per heavy atom. The largest absolute Gasteiger partial charge is 0.0836 e. The molecule has 0 amide bonds. The zero-order valence-corrected chi connectivity index (χ0v) is 13.0. The van der Waals surface area contributed by atoms with E-state index in [4.69, 9.17) is 0 Å².